The maximum Gasteiger partial charge on any atom is 0.323 e. The van der Waals surface area contributed by atoms with E-state index in [0.29, 0.717) is 37.3 Å². The van der Waals surface area contributed by atoms with Crippen molar-refractivity contribution in [1.29, 1.82) is 0 Å². The molecule has 20 heavy (non-hydrogen) atoms. The zero-order valence-electron chi connectivity index (χ0n) is 11.4. The molecular formula is C13H18N4O3. The number of morpholine rings is 1. The van der Waals surface area contributed by atoms with Gasteiger partial charge in [-0.2, -0.15) is 4.98 Å². The number of methoxy groups -OCH3 is 1. The lowest BCUT2D eigenvalue weighted by molar-refractivity contribution is -0.0234. The van der Waals surface area contributed by atoms with E-state index in [1.807, 2.05) is 0 Å². The molecule has 1 aliphatic heterocycles. The molecule has 2 aliphatic rings. The fourth-order valence-electron chi connectivity index (χ4n) is 2.31. The van der Waals surface area contributed by atoms with Crippen LogP contribution in [-0.2, 0) is 4.74 Å². The summed E-state index contributed by atoms with van der Waals surface area (Å²) in [6.07, 6.45) is 5.60. The number of ether oxygens (including phenoxy) is 2. The van der Waals surface area contributed by atoms with Gasteiger partial charge in [0.2, 0.25) is 5.88 Å². The molecule has 2 heterocycles. The number of carbonyl (C=O) groups is 1. The summed E-state index contributed by atoms with van der Waals surface area (Å²) in [5.74, 6) is 1.40. The van der Waals surface area contributed by atoms with Crippen LogP contribution in [-0.4, -0.2) is 53.8 Å². The fraction of sp³-hybridized carbons (Fsp3) is 0.615. The van der Waals surface area contributed by atoms with Gasteiger partial charge in [0.25, 0.3) is 0 Å². The molecule has 7 heteroatoms. The molecule has 7 nitrogen and oxygen atoms in total. The minimum Gasteiger partial charge on any atom is -0.480 e. The quantitative estimate of drug-likeness (QED) is 0.896. The summed E-state index contributed by atoms with van der Waals surface area (Å²) in [5.41, 5.74) is 0. The number of rotatable bonds is 3. The lowest BCUT2D eigenvalue weighted by Crippen LogP contribution is -2.48. The van der Waals surface area contributed by atoms with Crippen LogP contribution in [0.15, 0.2) is 12.4 Å². The standard InChI is InChI=1S/C13H18N4O3/c1-19-12-7-14-6-11(15-12)16-13(18)17-4-5-20-10(8-17)9-2-3-9/h6-7,9-10H,2-5,8H2,1H3,(H,15,16,18). The third-order valence-electron chi connectivity index (χ3n) is 3.59. The third-order valence-corrected chi connectivity index (χ3v) is 3.59. The number of hydrogen-bond donors (Lipinski definition) is 1. The van der Waals surface area contributed by atoms with E-state index in [2.05, 4.69) is 15.3 Å². The van der Waals surface area contributed by atoms with Crippen LogP contribution in [0.5, 0.6) is 5.88 Å². The Bertz CT molecular complexity index is 492. The predicted molar refractivity (Wildman–Crippen MR) is 71.6 cm³/mol. The molecule has 1 unspecified atom stereocenters. The molecule has 1 aromatic rings. The van der Waals surface area contributed by atoms with Crippen molar-refractivity contribution in [3.8, 4) is 5.88 Å². The van der Waals surface area contributed by atoms with Gasteiger partial charge in [0.15, 0.2) is 5.82 Å². The second kappa shape index (κ2) is 5.62. The van der Waals surface area contributed by atoms with E-state index in [0.717, 1.165) is 0 Å². The van der Waals surface area contributed by atoms with Gasteiger partial charge < -0.3 is 14.4 Å². The third kappa shape index (κ3) is 2.98. The highest BCUT2D eigenvalue weighted by Crippen LogP contribution is 2.35. The minimum atomic E-state index is -0.165. The van der Waals surface area contributed by atoms with E-state index >= 15 is 0 Å². The van der Waals surface area contributed by atoms with Gasteiger partial charge in [-0.25, -0.2) is 4.79 Å². The average Bonchev–Trinajstić information content (AvgIpc) is 3.32. The van der Waals surface area contributed by atoms with E-state index in [9.17, 15) is 4.79 Å². The van der Waals surface area contributed by atoms with Gasteiger partial charge >= 0.3 is 6.03 Å². The lowest BCUT2D eigenvalue weighted by Gasteiger charge is -2.32. The van der Waals surface area contributed by atoms with Crippen LogP contribution in [0.25, 0.3) is 0 Å². The first-order chi connectivity index (χ1) is 9.76. The van der Waals surface area contributed by atoms with E-state index in [1.165, 1.54) is 32.3 Å². The zero-order valence-corrected chi connectivity index (χ0v) is 11.4. The van der Waals surface area contributed by atoms with E-state index in [4.69, 9.17) is 9.47 Å². The first kappa shape index (κ1) is 13.1. The molecule has 1 saturated heterocycles. The van der Waals surface area contributed by atoms with Crippen LogP contribution in [0.4, 0.5) is 10.6 Å². The number of anilines is 1. The average molecular weight is 278 g/mol. The Morgan fingerprint density at radius 2 is 2.35 bits per heavy atom. The van der Waals surface area contributed by atoms with Crippen LogP contribution in [0.2, 0.25) is 0 Å². The summed E-state index contributed by atoms with van der Waals surface area (Å²) in [7, 11) is 1.51. The number of urea groups is 1. The number of hydrogen-bond acceptors (Lipinski definition) is 5. The van der Waals surface area contributed by atoms with Gasteiger partial charge in [-0.15, -0.1) is 0 Å². The molecule has 1 saturated carbocycles. The highest BCUT2D eigenvalue weighted by Gasteiger charge is 2.36. The summed E-state index contributed by atoms with van der Waals surface area (Å²) in [6, 6.07) is -0.165. The fourth-order valence-corrected chi connectivity index (χ4v) is 2.31. The van der Waals surface area contributed by atoms with Crippen LogP contribution in [0, 0.1) is 5.92 Å². The molecule has 1 atom stereocenters. The molecule has 0 radical (unpaired) electrons. The number of nitrogens with zero attached hydrogens (tertiary/aromatic N) is 3. The van der Waals surface area contributed by atoms with Gasteiger partial charge in [0.1, 0.15) is 0 Å². The SMILES string of the molecule is COc1cncc(NC(=O)N2CCOC(C3CC3)C2)n1. The van der Waals surface area contributed by atoms with Gasteiger partial charge in [-0.3, -0.25) is 10.3 Å². The Morgan fingerprint density at radius 1 is 1.50 bits per heavy atom. The van der Waals surface area contributed by atoms with Crippen molar-refractivity contribution in [3.63, 3.8) is 0 Å². The Morgan fingerprint density at radius 3 is 3.10 bits per heavy atom. The maximum absolute atomic E-state index is 12.2. The molecule has 2 fully saturated rings. The smallest absolute Gasteiger partial charge is 0.323 e. The van der Waals surface area contributed by atoms with Crippen molar-refractivity contribution in [2.75, 3.05) is 32.1 Å². The number of amides is 2. The summed E-state index contributed by atoms with van der Waals surface area (Å²) >= 11 is 0. The molecule has 3 rings (SSSR count). The summed E-state index contributed by atoms with van der Waals surface area (Å²) in [6.45, 7) is 1.85. The maximum atomic E-state index is 12.2. The Labute approximate surface area is 117 Å². The molecule has 0 spiro atoms. The molecule has 1 aromatic heterocycles. The minimum absolute atomic E-state index is 0.165. The van der Waals surface area contributed by atoms with Gasteiger partial charge in [0, 0.05) is 13.1 Å². The van der Waals surface area contributed by atoms with Gasteiger partial charge in [0.05, 0.1) is 32.2 Å². The van der Waals surface area contributed by atoms with Crippen LogP contribution in [0.3, 0.4) is 0 Å². The molecule has 0 bridgehead atoms. The molecule has 1 aliphatic carbocycles. The van der Waals surface area contributed by atoms with Crippen molar-refractivity contribution in [1.82, 2.24) is 14.9 Å². The highest BCUT2D eigenvalue weighted by molar-refractivity contribution is 5.88. The topological polar surface area (TPSA) is 76.6 Å². The van der Waals surface area contributed by atoms with Crippen molar-refractivity contribution in [2.45, 2.75) is 18.9 Å². The van der Waals surface area contributed by atoms with Crippen LogP contribution < -0.4 is 10.1 Å². The van der Waals surface area contributed by atoms with Crippen LogP contribution >= 0.6 is 0 Å². The summed E-state index contributed by atoms with van der Waals surface area (Å²) in [4.78, 5) is 22.1. The second-order valence-corrected chi connectivity index (χ2v) is 5.07. The molecule has 0 aromatic carbocycles. The molecule has 108 valence electrons. The van der Waals surface area contributed by atoms with Crippen molar-refractivity contribution in [3.05, 3.63) is 12.4 Å². The van der Waals surface area contributed by atoms with Crippen molar-refractivity contribution >= 4 is 11.8 Å². The van der Waals surface area contributed by atoms with Crippen molar-refractivity contribution in [2.24, 2.45) is 5.92 Å². The number of aromatic nitrogens is 2. The summed E-state index contributed by atoms with van der Waals surface area (Å²) < 4.78 is 10.7. The Balaban J connectivity index is 1.60. The normalized spacial score (nSPS) is 22.4. The monoisotopic (exact) mass is 278 g/mol. The second-order valence-electron chi connectivity index (χ2n) is 5.07. The molecule has 2 amide bonds. The summed E-state index contributed by atoms with van der Waals surface area (Å²) in [5, 5.41) is 2.74. The Kier molecular flexibility index (Phi) is 3.68. The van der Waals surface area contributed by atoms with Gasteiger partial charge in [-0.1, -0.05) is 0 Å². The predicted octanol–water partition coefficient (Wildman–Crippen LogP) is 1.13. The molecular weight excluding hydrogens is 260 g/mol. The Hall–Kier alpha value is -1.89. The highest BCUT2D eigenvalue weighted by atomic mass is 16.5. The lowest BCUT2D eigenvalue weighted by atomic mass is 10.2. The van der Waals surface area contributed by atoms with Crippen LogP contribution in [0.1, 0.15) is 12.8 Å². The number of carbonyl (C=O) groups excluding carboxylic acids is 1. The van der Waals surface area contributed by atoms with Gasteiger partial charge in [-0.05, 0) is 18.8 Å². The van der Waals surface area contributed by atoms with E-state index < -0.39 is 0 Å². The number of nitrogens with one attached hydrogen (secondary N) is 1. The van der Waals surface area contributed by atoms with E-state index in [-0.39, 0.29) is 12.1 Å². The first-order valence-electron chi connectivity index (χ1n) is 6.80. The van der Waals surface area contributed by atoms with E-state index in [1.54, 1.807) is 4.90 Å². The first-order valence-corrected chi connectivity index (χ1v) is 6.80. The largest absolute Gasteiger partial charge is 0.480 e. The van der Waals surface area contributed by atoms with Crippen molar-refractivity contribution < 1.29 is 14.3 Å². The zero-order chi connectivity index (χ0) is 13.9. The molecule has 1 N–H and O–H groups in total.